The maximum Gasteiger partial charge on any atom is 0.416 e. The number of allylic oxidation sites excluding steroid dienone is 1. The molecule has 140 valence electrons. The van der Waals surface area contributed by atoms with Crippen molar-refractivity contribution < 1.29 is 18.0 Å². The number of aromatic nitrogens is 1. The highest BCUT2D eigenvalue weighted by Gasteiger charge is 2.30. The van der Waals surface area contributed by atoms with Gasteiger partial charge in [0, 0.05) is 12.1 Å². The lowest BCUT2D eigenvalue weighted by Crippen LogP contribution is -2.16. The maximum atomic E-state index is 12.9. The topological polar surface area (TPSA) is 34.4 Å². The van der Waals surface area contributed by atoms with Gasteiger partial charge in [0.1, 0.15) is 0 Å². The molecule has 0 bridgehead atoms. The van der Waals surface area contributed by atoms with Crippen LogP contribution in [0, 0.1) is 13.8 Å². The van der Waals surface area contributed by atoms with Crippen LogP contribution < -0.4 is 4.80 Å². The van der Waals surface area contributed by atoms with Crippen molar-refractivity contribution in [2.24, 2.45) is 4.99 Å². The van der Waals surface area contributed by atoms with Crippen LogP contribution in [-0.2, 0) is 12.7 Å². The summed E-state index contributed by atoms with van der Waals surface area (Å²) in [7, 11) is 0. The number of nitrogens with zero attached hydrogens (tertiary/aromatic N) is 2. The number of amides is 1. The number of hydrogen-bond acceptors (Lipinski definition) is 2. The fourth-order valence-electron chi connectivity index (χ4n) is 2.88. The zero-order valence-electron chi connectivity index (χ0n) is 14.8. The van der Waals surface area contributed by atoms with Crippen molar-refractivity contribution in [3.8, 4) is 0 Å². The van der Waals surface area contributed by atoms with Gasteiger partial charge in [-0.15, -0.1) is 6.58 Å². The van der Waals surface area contributed by atoms with Crippen LogP contribution in [0.5, 0.6) is 0 Å². The summed E-state index contributed by atoms with van der Waals surface area (Å²) in [6.45, 7) is 8.13. The number of carbonyl (C=O) groups excluding carboxylic acids is 1. The first-order valence-corrected chi connectivity index (χ1v) is 9.00. The van der Waals surface area contributed by atoms with E-state index in [1.165, 1.54) is 23.5 Å². The van der Waals surface area contributed by atoms with E-state index in [2.05, 4.69) is 11.6 Å². The molecular formula is C20H17F3N2OS. The second kappa shape index (κ2) is 7.15. The number of alkyl halides is 3. The molecule has 0 saturated carbocycles. The Hall–Kier alpha value is -2.67. The third-order valence-corrected chi connectivity index (χ3v) is 5.29. The van der Waals surface area contributed by atoms with Crippen LogP contribution in [0.1, 0.15) is 27.0 Å². The zero-order valence-corrected chi connectivity index (χ0v) is 15.6. The summed E-state index contributed by atoms with van der Waals surface area (Å²) in [6, 6.07) is 8.33. The van der Waals surface area contributed by atoms with Crippen LogP contribution in [0.4, 0.5) is 13.2 Å². The SMILES string of the molecule is C=CCn1c(=NC(=O)c2cccc(C(F)(F)F)c2)sc2c(C)cc(C)cc21. The molecular weight excluding hydrogens is 373 g/mol. The molecule has 0 aliphatic heterocycles. The summed E-state index contributed by atoms with van der Waals surface area (Å²) in [5.74, 6) is -0.708. The molecule has 0 aliphatic rings. The van der Waals surface area contributed by atoms with E-state index in [1.807, 2.05) is 30.5 Å². The standard InChI is InChI=1S/C20H17F3N2OS/c1-4-8-25-16-10-12(2)9-13(3)17(16)27-19(25)24-18(26)14-6-5-7-15(11-14)20(21,22)23/h4-7,9-11H,1,8H2,2-3H3. The van der Waals surface area contributed by atoms with Gasteiger partial charge in [-0.3, -0.25) is 4.79 Å². The number of benzene rings is 2. The first kappa shape index (κ1) is 19.1. The number of hydrogen-bond donors (Lipinski definition) is 0. The van der Waals surface area contributed by atoms with Gasteiger partial charge in [0.2, 0.25) is 0 Å². The lowest BCUT2D eigenvalue weighted by molar-refractivity contribution is -0.137. The van der Waals surface area contributed by atoms with E-state index in [9.17, 15) is 18.0 Å². The van der Waals surface area contributed by atoms with Crippen molar-refractivity contribution >= 4 is 27.5 Å². The van der Waals surface area contributed by atoms with Crippen LogP contribution >= 0.6 is 11.3 Å². The van der Waals surface area contributed by atoms with E-state index in [0.29, 0.717) is 11.3 Å². The second-order valence-corrected chi connectivity index (χ2v) is 7.19. The molecule has 1 aromatic heterocycles. The quantitative estimate of drug-likeness (QED) is 0.562. The molecule has 1 amide bonds. The van der Waals surface area contributed by atoms with Gasteiger partial charge in [-0.25, -0.2) is 0 Å². The third kappa shape index (κ3) is 3.88. The molecule has 7 heteroatoms. The van der Waals surface area contributed by atoms with E-state index in [1.54, 1.807) is 6.08 Å². The first-order valence-electron chi connectivity index (χ1n) is 8.18. The average molecular weight is 390 g/mol. The second-order valence-electron chi connectivity index (χ2n) is 6.21. The van der Waals surface area contributed by atoms with E-state index in [0.717, 1.165) is 33.5 Å². The van der Waals surface area contributed by atoms with Crippen molar-refractivity contribution in [2.75, 3.05) is 0 Å². The molecule has 0 radical (unpaired) electrons. The normalized spacial score (nSPS) is 12.6. The van der Waals surface area contributed by atoms with Crippen LogP contribution in [0.3, 0.4) is 0 Å². The van der Waals surface area contributed by atoms with Gasteiger partial charge in [0.25, 0.3) is 5.91 Å². The molecule has 0 saturated heterocycles. The summed E-state index contributed by atoms with van der Waals surface area (Å²) < 4.78 is 41.5. The lowest BCUT2D eigenvalue weighted by Gasteiger charge is -2.07. The average Bonchev–Trinajstić information content (AvgIpc) is 2.93. The van der Waals surface area contributed by atoms with Gasteiger partial charge < -0.3 is 4.57 Å². The highest BCUT2D eigenvalue weighted by Crippen LogP contribution is 2.29. The highest BCUT2D eigenvalue weighted by atomic mass is 32.1. The Morgan fingerprint density at radius 2 is 2.00 bits per heavy atom. The molecule has 0 N–H and O–H groups in total. The van der Waals surface area contributed by atoms with Crippen molar-refractivity contribution in [3.05, 3.63) is 76.1 Å². The summed E-state index contributed by atoms with van der Waals surface area (Å²) >= 11 is 1.34. The highest BCUT2D eigenvalue weighted by molar-refractivity contribution is 7.16. The maximum absolute atomic E-state index is 12.9. The van der Waals surface area contributed by atoms with Gasteiger partial charge in [-0.2, -0.15) is 18.2 Å². The third-order valence-electron chi connectivity index (χ3n) is 4.06. The molecule has 0 fully saturated rings. The summed E-state index contributed by atoms with van der Waals surface area (Å²) in [5, 5.41) is 0. The van der Waals surface area contributed by atoms with Gasteiger partial charge in [-0.05, 0) is 49.2 Å². The number of thiazole rings is 1. The van der Waals surface area contributed by atoms with Crippen molar-refractivity contribution in [1.29, 1.82) is 0 Å². The van der Waals surface area contributed by atoms with E-state index >= 15 is 0 Å². The Morgan fingerprint density at radius 3 is 2.67 bits per heavy atom. The minimum Gasteiger partial charge on any atom is -0.312 e. The Labute approximate surface area is 158 Å². The molecule has 3 aromatic rings. The number of rotatable bonds is 3. The molecule has 27 heavy (non-hydrogen) atoms. The predicted octanol–water partition coefficient (Wildman–Crippen LogP) is 5.27. The molecule has 0 aliphatic carbocycles. The Bertz CT molecular complexity index is 1110. The lowest BCUT2D eigenvalue weighted by atomic mass is 10.1. The fourth-order valence-corrected chi connectivity index (χ4v) is 3.97. The first-order chi connectivity index (χ1) is 12.7. The van der Waals surface area contributed by atoms with E-state index < -0.39 is 17.6 Å². The molecule has 0 atom stereocenters. The molecule has 2 aromatic carbocycles. The van der Waals surface area contributed by atoms with Gasteiger partial charge in [0.05, 0.1) is 15.8 Å². The van der Waals surface area contributed by atoms with Crippen LogP contribution in [0.2, 0.25) is 0 Å². The molecule has 0 unspecified atom stereocenters. The number of aryl methyl sites for hydroxylation is 2. The summed E-state index contributed by atoms with van der Waals surface area (Å²) in [5.41, 5.74) is 2.09. The smallest absolute Gasteiger partial charge is 0.312 e. The predicted molar refractivity (Wildman–Crippen MR) is 101 cm³/mol. The number of fused-ring (bicyclic) bond motifs is 1. The minimum atomic E-state index is -4.51. The Morgan fingerprint density at radius 1 is 1.26 bits per heavy atom. The summed E-state index contributed by atoms with van der Waals surface area (Å²) in [4.78, 5) is 17.0. The largest absolute Gasteiger partial charge is 0.416 e. The van der Waals surface area contributed by atoms with E-state index in [-0.39, 0.29) is 5.56 Å². The monoisotopic (exact) mass is 390 g/mol. The van der Waals surface area contributed by atoms with Gasteiger partial charge in [-0.1, -0.05) is 29.5 Å². The number of carbonyl (C=O) groups is 1. The zero-order chi connectivity index (χ0) is 19.8. The molecule has 3 nitrogen and oxygen atoms in total. The van der Waals surface area contributed by atoms with Gasteiger partial charge >= 0.3 is 6.18 Å². The van der Waals surface area contributed by atoms with Crippen LogP contribution in [0.15, 0.2) is 54.0 Å². The number of halogens is 3. The molecule has 0 spiro atoms. The Kier molecular flexibility index (Phi) is 5.06. The van der Waals surface area contributed by atoms with Crippen LogP contribution in [0.25, 0.3) is 10.2 Å². The minimum absolute atomic E-state index is 0.0969. The fraction of sp³-hybridized carbons (Fsp3) is 0.200. The van der Waals surface area contributed by atoms with Crippen molar-refractivity contribution in [1.82, 2.24) is 4.57 Å². The molecule has 1 heterocycles. The molecule has 3 rings (SSSR count). The van der Waals surface area contributed by atoms with Crippen molar-refractivity contribution in [2.45, 2.75) is 26.6 Å². The summed E-state index contributed by atoms with van der Waals surface area (Å²) in [6.07, 6.45) is -2.82. The van der Waals surface area contributed by atoms with Gasteiger partial charge in [0.15, 0.2) is 4.80 Å². The van der Waals surface area contributed by atoms with E-state index in [4.69, 9.17) is 0 Å². The van der Waals surface area contributed by atoms with Crippen molar-refractivity contribution in [3.63, 3.8) is 0 Å². The van der Waals surface area contributed by atoms with Crippen LogP contribution in [-0.4, -0.2) is 10.5 Å². The Balaban J connectivity index is 2.15.